The van der Waals surface area contributed by atoms with Gasteiger partial charge in [-0.1, -0.05) is 0 Å². The highest BCUT2D eigenvalue weighted by molar-refractivity contribution is 5.69. The first-order valence-corrected chi connectivity index (χ1v) is 6.30. The molecule has 0 aliphatic carbocycles. The maximum Gasteiger partial charge on any atom is 0.221 e. The molecule has 0 aliphatic heterocycles. The SMILES string of the molecule is COc1ccc(Nc2ccnc(N)n2)c(-n2cccn2)c1. The Bertz CT molecular complexity index is 741. The van der Waals surface area contributed by atoms with Crippen LogP contribution < -0.4 is 15.8 Å². The van der Waals surface area contributed by atoms with E-state index >= 15 is 0 Å². The Hall–Kier alpha value is -3.09. The molecule has 3 aromatic rings. The quantitative estimate of drug-likeness (QED) is 0.760. The first-order valence-electron chi connectivity index (χ1n) is 6.30. The lowest BCUT2D eigenvalue weighted by Crippen LogP contribution is -2.04. The zero-order valence-electron chi connectivity index (χ0n) is 11.4. The van der Waals surface area contributed by atoms with Crippen LogP contribution in [0.1, 0.15) is 0 Å². The van der Waals surface area contributed by atoms with Gasteiger partial charge in [0.25, 0.3) is 0 Å². The number of ether oxygens (including phenoxy) is 1. The van der Waals surface area contributed by atoms with Crippen molar-refractivity contribution in [1.82, 2.24) is 19.7 Å². The van der Waals surface area contributed by atoms with Crippen molar-refractivity contribution in [2.75, 3.05) is 18.2 Å². The summed E-state index contributed by atoms with van der Waals surface area (Å²) < 4.78 is 7.01. The largest absolute Gasteiger partial charge is 0.497 e. The van der Waals surface area contributed by atoms with Crippen LogP contribution in [0.3, 0.4) is 0 Å². The number of aromatic nitrogens is 4. The fraction of sp³-hybridized carbons (Fsp3) is 0.0714. The molecule has 0 spiro atoms. The molecule has 2 heterocycles. The molecule has 0 fully saturated rings. The fourth-order valence-electron chi connectivity index (χ4n) is 1.93. The molecule has 0 radical (unpaired) electrons. The van der Waals surface area contributed by atoms with Gasteiger partial charge in [0.05, 0.1) is 18.5 Å². The summed E-state index contributed by atoms with van der Waals surface area (Å²) in [4.78, 5) is 8.00. The molecule has 1 aromatic carbocycles. The number of nitrogens with two attached hydrogens (primary N) is 1. The van der Waals surface area contributed by atoms with Crippen LogP contribution in [0.5, 0.6) is 5.75 Å². The van der Waals surface area contributed by atoms with Gasteiger partial charge in [-0.25, -0.2) is 9.67 Å². The van der Waals surface area contributed by atoms with E-state index < -0.39 is 0 Å². The minimum atomic E-state index is 0.217. The van der Waals surface area contributed by atoms with Crippen molar-refractivity contribution in [2.45, 2.75) is 0 Å². The van der Waals surface area contributed by atoms with Gasteiger partial charge in [0.1, 0.15) is 11.6 Å². The minimum absolute atomic E-state index is 0.217. The van der Waals surface area contributed by atoms with E-state index in [1.54, 1.807) is 30.3 Å². The summed E-state index contributed by atoms with van der Waals surface area (Å²) in [5.74, 6) is 1.57. The van der Waals surface area contributed by atoms with Gasteiger partial charge in [0.2, 0.25) is 5.95 Å². The predicted molar refractivity (Wildman–Crippen MR) is 79.8 cm³/mol. The molecule has 0 bridgehead atoms. The van der Waals surface area contributed by atoms with E-state index in [1.807, 2.05) is 30.5 Å². The lowest BCUT2D eigenvalue weighted by molar-refractivity contribution is 0.414. The van der Waals surface area contributed by atoms with Crippen molar-refractivity contribution < 1.29 is 4.74 Å². The van der Waals surface area contributed by atoms with E-state index in [0.29, 0.717) is 5.82 Å². The molecule has 0 atom stereocenters. The second kappa shape index (κ2) is 5.49. The van der Waals surface area contributed by atoms with Gasteiger partial charge in [-0.05, 0) is 24.3 Å². The van der Waals surface area contributed by atoms with Crippen LogP contribution in [0.4, 0.5) is 17.5 Å². The smallest absolute Gasteiger partial charge is 0.221 e. The normalized spacial score (nSPS) is 10.3. The van der Waals surface area contributed by atoms with Crippen molar-refractivity contribution in [3.63, 3.8) is 0 Å². The number of benzene rings is 1. The van der Waals surface area contributed by atoms with E-state index in [-0.39, 0.29) is 5.95 Å². The Morgan fingerprint density at radius 2 is 2.14 bits per heavy atom. The lowest BCUT2D eigenvalue weighted by atomic mass is 10.2. The molecule has 0 aliphatic rings. The maximum atomic E-state index is 5.59. The predicted octanol–water partition coefficient (Wildman–Crippen LogP) is 2.00. The lowest BCUT2D eigenvalue weighted by Gasteiger charge is -2.13. The molecular formula is C14H14N6O. The topological polar surface area (TPSA) is 90.9 Å². The number of nitrogen functional groups attached to an aromatic ring is 1. The van der Waals surface area contributed by atoms with Crippen LogP contribution in [0.25, 0.3) is 5.69 Å². The summed E-state index contributed by atoms with van der Waals surface area (Å²) in [6.07, 6.45) is 5.17. The van der Waals surface area contributed by atoms with E-state index in [1.165, 1.54) is 0 Å². The molecule has 21 heavy (non-hydrogen) atoms. The van der Waals surface area contributed by atoms with Crippen LogP contribution >= 0.6 is 0 Å². The van der Waals surface area contributed by atoms with Crippen molar-refractivity contribution in [3.05, 3.63) is 48.9 Å². The molecule has 3 N–H and O–H groups in total. The van der Waals surface area contributed by atoms with Gasteiger partial charge in [-0.2, -0.15) is 10.1 Å². The standard InChI is InChI=1S/C14H14N6O/c1-21-10-3-4-11(12(9-10)20-8-2-6-17-20)18-13-5-7-16-14(15)19-13/h2-9H,1H3,(H3,15,16,18,19). The van der Waals surface area contributed by atoms with Gasteiger partial charge < -0.3 is 15.8 Å². The van der Waals surface area contributed by atoms with Gasteiger partial charge in [-0.15, -0.1) is 0 Å². The number of hydrogen-bond acceptors (Lipinski definition) is 6. The summed E-state index contributed by atoms with van der Waals surface area (Å²) in [6.45, 7) is 0. The molecule has 0 unspecified atom stereocenters. The molecule has 106 valence electrons. The molecule has 7 nitrogen and oxygen atoms in total. The maximum absolute atomic E-state index is 5.59. The zero-order valence-corrected chi connectivity index (χ0v) is 11.4. The molecule has 2 aromatic heterocycles. The van der Waals surface area contributed by atoms with Crippen molar-refractivity contribution in [2.24, 2.45) is 0 Å². The Balaban J connectivity index is 2.01. The van der Waals surface area contributed by atoms with Gasteiger partial charge in [-0.3, -0.25) is 0 Å². The average Bonchev–Trinajstić information content (AvgIpc) is 3.02. The van der Waals surface area contributed by atoms with Crippen molar-refractivity contribution >= 4 is 17.5 Å². The molecular weight excluding hydrogens is 268 g/mol. The monoisotopic (exact) mass is 282 g/mol. The Morgan fingerprint density at radius 1 is 1.24 bits per heavy atom. The number of rotatable bonds is 4. The fourth-order valence-corrected chi connectivity index (χ4v) is 1.93. The Morgan fingerprint density at radius 3 is 2.86 bits per heavy atom. The van der Waals surface area contributed by atoms with E-state index in [2.05, 4.69) is 20.4 Å². The van der Waals surface area contributed by atoms with Crippen LogP contribution in [-0.2, 0) is 0 Å². The Labute approximate surface area is 121 Å². The van der Waals surface area contributed by atoms with Crippen molar-refractivity contribution in [1.29, 1.82) is 0 Å². The summed E-state index contributed by atoms with van der Waals surface area (Å²) in [5.41, 5.74) is 7.27. The summed E-state index contributed by atoms with van der Waals surface area (Å²) in [6, 6.07) is 9.24. The van der Waals surface area contributed by atoms with Crippen LogP contribution in [0.2, 0.25) is 0 Å². The first kappa shape index (κ1) is 12.9. The molecule has 7 heteroatoms. The molecule has 0 amide bonds. The third-order valence-electron chi connectivity index (χ3n) is 2.89. The van der Waals surface area contributed by atoms with E-state index in [0.717, 1.165) is 17.1 Å². The second-order valence-corrected chi connectivity index (χ2v) is 4.26. The average molecular weight is 282 g/mol. The van der Waals surface area contributed by atoms with Crippen LogP contribution in [0, 0.1) is 0 Å². The summed E-state index contributed by atoms with van der Waals surface area (Å²) >= 11 is 0. The van der Waals surface area contributed by atoms with Gasteiger partial charge >= 0.3 is 0 Å². The molecule has 3 rings (SSSR count). The minimum Gasteiger partial charge on any atom is -0.497 e. The second-order valence-electron chi connectivity index (χ2n) is 4.26. The van der Waals surface area contributed by atoms with Crippen LogP contribution in [-0.4, -0.2) is 26.9 Å². The number of anilines is 3. The highest BCUT2D eigenvalue weighted by Gasteiger charge is 2.08. The third kappa shape index (κ3) is 2.76. The van der Waals surface area contributed by atoms with Gasteiger partial charge in [0.15, 0.2) is 0 Å². The number of nitrogens with zero attached hydrogens (tertiary/aromatic N) is 4. The zero-order chi connectivity index (χ0) is 14.7. The van der Waals surface area contributed by atoms with E-state index in [9.17, 15) is 0 Å². The number of nitrogens with one attached hydrogen (secondary N) is 1. The number of hydrogen-bond donors (Lipinski definition) is 2. The van der Waals surface area contributed by atoms with Gasteiger partial charge in [0, 0.05) is 24.7 Å². The third-order valence-corrected chi connectivity index (χ3v) is 2.89. The molecule has 0 saturated heterocycles. The highest BCUT2D eigenvalue weighted by atomic mass is 16.5. The summed E-state index contributed by atoms with van der Waals surface area (Å²) in [7, 11) is 1.63. The highest BCUT2D eigenvalue weighted by Crippen LogP contribution is 2.27. The van der Waals surface area contributed by atoms with Crippen molar-refractivity contribution in [3.8, 4) is 11.4 Å². The van der Waals surface area contributed by atoms with E-state index in [4.69, 9.17) is 10.5 Å². The number of methoxy groups -OCH3 is 1. The molecule has 0 saturated carbocycles. The van der Waals surface area contributed by atoms with Crippen LogP contribution in [0.15, 0.2) is 48.9 Å². The summed E-state index contributed by atoms with van der Waals surface area (Å²) in [5, 5.41) is 7.45. The Kier molecular flexibility index (Phi) is 3.38. The first-order chi connectivity index (χ1) is 10.3.